The molecule has 0 aromatic heterocycles. The zero-order valence-electron chi connectivity index (χ0n) is 16.6. The fourth-order valence-corrected chi connectivity index (χ4v) is 2.49. The molecule has 0 saturated heterocycles. The van der Waals surface area contributed by atoms with Gasteiger partial charge in [-0.15, -0.1) is 0 Å². The lowest BCUT2D eigenvalue weighted by Gasteiger charge is -2.12. The van der Waals surface area contributed by atoms with Gasteiger partial charge in [0.2, 0.25) is 0 Å². The molecule has 0 aliphatic heterocycles. The van der Waals surface area contributed by atoms with Crippen LogP contribution < -0.4 is 14.2 Å². The minimum atomic E-state index is -0.471. The highest BCUT2D eigenvalue weighted by molar-refractivity contribution is 5.84. The van der Waals surface area contributed by atoms with E-state index in [-0.39, 0.29) is 6.79 Å². The molecular weight excluding hydrogens is 356 g/mol. The summed E-state index contributed by atoms with van der Waals surface area (Å²) in [6.45, 7) is 2.83. The summed E-state index contributed by atoms with van der Waals surface area (Å²) < 4.78 is 21.6. The number of hydrogen-bond acceptors (Lipinski definition) is 5. The van der Waals surface area contributed by atoms with Crippen LogP contribution in [0.1, 0.15) is 31.7 Å². The third-order valence-electron chi connectivity index (χ3n) is 3.92. The van der Waals surface area contributed by atoms with Crippen molar-refractivity contribution in [2.75, 3.05) is 20.5 Å². The molecule has 0 aliphatic carbocycles. The van der Waals surface area contributed by atoms with Gasteiger partial charge in [-0.2, -0.15) is 0 Å². The molecule has 2 rings (SSSR count). The maximum Gasteiger partial charge on any atom is 0.335 e. The first-order valence-corrected chi connectivity index (χ1v) is 9.53. The van der Waals surface area contributed by atoms with Gasteiger partial charge in [0.15, 0.2) is 18.3 Å². The Morgan fingerprint density at radius 3 is 2.57 bits per heavy atom. The molecule has 150 valence electrons. The average molecular weight is 384 g/mol. The van der Waals surface area contributed by atoms with E-state index in [1.807, 2.05) is 30.3 Å². The second kappa shape index (κ2) is 12.6. The molecule has 0 aliphatic rings. The predicted octanol–water partition coefficient (Wildman–Crippen LogP) is 4.94. The van der Waals surface area contributed by atoms with Crippen molar-refractivity contribution < 1.29 is 23.7 Å². The molecule has 0 bridgehead atoms. The van der Waals surface area contributed by atoms with E-state index in [4.69, 9.17) is 18.9 Å². The summed E-state index contributed by atoms with van der Waals surface area (Å²) in [4.78, 5) is 12.2. The summed E-state index contributed by atoms with van der Waals surface area (Å²) in [6.07, 6.45) is 7.08. The molecular formula is C23H28O5. The number of carbonyl (C=O) groups excluding carboxylic acids is 1. The van der Waals surface area contributed by atoms with E-state index < -0.39 is 5.97 Å². The van der Waals surface area contributed by atoms with E-state index in [0.717, 1.165) is 24.8 Å². The van der Waals surface area contributed by atoms with E-state index in [1.54, 1.807) is 24.3 Å². The maximum atomic E-state index is 12.2. The van der Waals surface area contributed by atoms with Crippen molar-refractivity contribution in [3.8, 4) is 17.2 Å². The molecule has 5 nitrogen and oxygen atoms in total. The number of hydrogen-bond donors (Lipinski definition) is 0. The zero-order valence-corrected chi connectivity index (χ0v) is 16.6. The van der Waals surface area contributed by atoms with Crippen LogP contribution in [0.25, 0.3) is 0 Å². The van der Waals surface area contributed by atoms with Crippen LogP contribution in [-0.2, 0) is 16.0 Å². The molecule has 28 heavy (non-hydrogen) atoms. The summed E-state index contributed by atoms with van der Waals surface area (Å²) in [5.74, 6) is 0.894. The fraction of sp³-hybridized carbons (Fsp3) is 0.348. The minimum Gasteiger partial charge on any atom is -0.493 e. The maximum absolute atomic E-state index is 12.2. The molecule has 0 saturated carbocycles. The number of allylic oxidation sites excluding steroid dienone is 1. The van der Waals surface area contributed by atoms with Crippen LogP contribution in [-0.4, -0.2) is 26.5 Å². The summed E-state index contributed by atoms with van der Waals surface area (Å²) >= 11 is 0. The quantitative estimate of drug-likeness (QED) is 0.170. The van der Waals surface area contributed by atoms with Gasteiger partial charge in [-0.1, -0.05) is 56.2 Å². The van der Waals surface area contributed by atoms with Gasteiger partial charge in [-0.25, -0.2) is 4.79 Å². The van der Waals surface area contributed by atoms with Crippen LogP contribution in [0, 0.1) is 0 Å². The van der Waals surface area contributed by atoms with Gasteiger partial charge in [0.05, 0.1) is 6.61 Å². The molecule has 2 aromatic carbocycles. The third kappa shape index (κ3) is 7.84. The van der Waals surface area contributed by atoms with Crippen molar-refractivity contribution in [2.24, 2.45) is 0 Å². The van der Waals surface area contributed by atoms with E-state index in [1.165, 1.54) is 13.2 Å². The van der Waals surface area contributed by atoms with Crippen molar-refractivity contribution in [3.63, 3.8) is 0 Å². The number of ether oxygens (including phenoxy) is 4. The number of unbranched alkanes of at least 4 members (excludes halogenated alkanes) is 2. The molecule has 0 fully saturated rings. The van der Waals surface area contributed by atoms with Gasteiger partial charge in [0.25, 0.3) is 0 Å². The fourth-order valence-electron chi connectivity index (χ4n) is 2.49. The van der Waals surface area contributed by atoms with Gasteiger partial charge in [0.1, 0.15) is 5.75 Å². The number of carbonyl (C=O) groups is 1. The first-order valence-electron chi connectivity index (χ1n) is 9.53. The van der Waals surface area contributed by atoms with Gasteiger partial charge in [-0.05, 0) is 30.5 Å². The first kappa shape index (κ1) is 21.5. The zero-order chi connectivity index (χ0) is 20.0. The summed E-state index contributed by atoms with van der Waals surface area (Å²) in [5, 5.41) is 0. The Balaban J connectivity index is 1.99. The van der Waals surface area contributed by atoms with E-state index in [0.29, 0.717) is 30.3 Å². The lowest BCUT2D eigenvalue weighted by Crippen LogP contribution is -2.08. The summed E-state index contributed by atoms with van der Waals surface area (Å²) in [7, 11) is 1.53. The molecule has 2 aromatic rings. The van der Waals surface area contributed by atoms with Crippen molar-refractivity contribution in [1.82, 2.24) is 0 Å². The normalized spacial score (nSPS) is 10.8. The molecule has 0 spiro atoms. The lowest BCUT2D eigenvalue weighted by molar-refractivity contribution is -0.129. The van der Waals surface area contributed by atoms with Gasteiger partial charge in [0, 0.05) is 19.3 Å². The second-order valence-corrected chi connectivity index (χ2v) is 6.23. The van der Waals surface area contributed by atoms with Crippen LogP contribution in [0.15, 0.2) is 60.7 Å². The third-order valence-corrected chi connectivity index (χ3v) is 3.92. The van der Waals surface area contributed by atoms with Crippen LogP contribution in [0.4, 0.5) is 0 Å². The molecule has 0 heterocycles. The molecule has 0 radical (unpaired) electrons. The predicted molar refractivity (Wildman–Crippen MR) is 109 cm³/mol. The molecule has 0 amide bonds. The van der Waals surface area contributed by atoms with Crippen LogP contribution >= 0.6 is 0 Å². The van der Waals surface area contributed by atoms with Gasteiger partial charge < -0.3 is 18.9 Å². The lowest BCUT2D eigenvalue weighted by atomic mass is 10.1. The van der Waals surface area contributed by atoms with Gasteiger partial charge >= 0.3 is 5.97 Å². The highest BCUT2D eigenvalue weighted by Gasteiger charge is 2.11. The summed E-state index contributed by atoms with van der Waals surface area (Å²) in [6, 6.07) is 15.1. The van der Waals surface area contributed by atoms with Crippen LogP contribution in [0.2, 0.25) is 0 Å². The van der Waals surface area contributed by atoms with Crippen LogP contribution in [0.5, 0.6) is 17.2 Å². The van der Waals surface area contributed by atoms with E-state index >= 15 is 0 Å². The molecule has 0 unspecified atom stereocenters. The highest BCUT2D eigenvalue weighted by Crippen LogP contribution is 2.32. The first-order chi connectivity index (χ1) is 13.7. The number of rotatable bonds is 12. The Kier molecular flexibility index (Phi) is 9.66. The number of methoxy groups -OCH3 is 1. The Morgan fingerprint density at radius 1 is 1.00 bits per heavy atom. The van der Waals surface area contributed by atoms with Crippen molar-refractivity contribution in [1.29, 1.82) is 0 Å². The van der Waals surface area contributed by atoms with E-state index in [2.05, 4.69) is 6.92 Å². The molecule has 0 N–H and O–H groups in total. The molecule has 5 heteroatoms. The standard InChI is InChI=1S/C23H28O5/c1-3-4-8-16-26-20-14-15-21(27-18-25-2)22(17-20)28-23(24)13-9-12-19-10-6-5-7-11-19/h5-7,9-11,13-15,17H,3-4,8,12,16,18H2,1-2H3. The Hall–Kier alpha value is -2.79. The van der Waals surface area contributed by atoms with Crippen molar-refractivity contribution in [3.05, 3.63) is 66.2 Å². The number of benzene rings is 2. The molecule has 0 atom stereocenters. The monoisotopic (exact) mass is 384 g/mol. The SMILES string of the molecule is CCCCCOc1ccc(OCOC)c(OC(=O)C=CCc2ccccc2)c1. The summed E-state index contributed by atoms with van der Waals surface area (Å²) in [5.41, 5.74) is 1.12. The largest absolute Gasteiger partial charge is 0.493 e. The smallest absolute Gasteiger partial charge is 0.335 e. The van der Waals surface area contributed by atoms with Crippen molar-refractivity contribution in [2.45, 2.75) is 32.6 Å². The topological polar surface area (TPSA) is 54.0 Å². The van der Waals surface area contributed by atoms with Crippen molar-refractivity contribution >= 4 is 5.97 Å². The van der Waals surface area contributed by atoms with Gasteiger partial charge in [-0.3, -0.25) is 0 Å². The number of esters is 1. The van der Waals surface area contributed by atoms with E-state index in [9.17, 15) is 4.79 Å². The Bertz CT molecular complexity index is 740. The second-order valence-electron chi connectivity index (χ2n) is 6.23. The Morgan fingerprint density at radius 2 is 1.82 bits per heavy atom. The average Bonchev–Trinajstić information content (AvgIpc) is 2.71. The Labute approximate surface area is 166 Å². The highest BCUT2D eigenvalue weighted by atomic mass is 16.7. The minimum absolute atomic E-state index is 0.0606. The van der Waals surface area contributed by atoms with Crippen LogP contribution in [0.3, 0.4) is 0 Å².